The van der Waals surface area contributed by atoms with Gasteiger partial charge < -0.3 is 15.8 Å². The van der Waals surface area contributed by atoms with E-state index in [-0.39, 0.29) is 17.5 Å². The average molecular weight is 298 g/mol. The first kappa shape index (κ1) is 15.0. The third-order valence-electron chi connectivity index (χ3n) is 3.40. The molecule has 0 radical (unpaired) electrons. The molecule has 1 fully saturated rings. The number of nitrogens with one attached hydrogen (secondary N) is 1. The summed E-state index contributed by atoms with van der Waals surface area (Å²) in [7, 11) is -2.82. The van der Waals surface area contributed by atoms with Crippen molar-refractivity contribution in [2.75, 3.05) is 29.2 Å². The number of nitrogen functional groups attached to an aromatic ring is 1. The molecule has 0 atom stereocenters. The van der Waals surface area contributed by atoms with E-state index < -0.39 is 9.84 Å². The summed E-state index contributed by atoms with van der Waals surface area (Å²) in [6.45, 7) is 2.68. The van der Waals surface area contributed by atoms with Gasteiger partial charge in [-0.1, -0.05) is 6.92 Å². The second kappa shape index (κ2) is 6.35. The summed E-state index contributed by atoms with van der Waals surface area (Å²) in [5, 5.41) is 3.36. The fraction of sp³-hybridized carbons (Fsp3) is 0.571. The van der Waals surface area contributed by atoms with Gasteiger partial charge in [0.25, 0.3) is 0 Å². The van der Waals surface area contributed by atoms with Crippen LogP contribution in [-0.2, 0) is 9.84 Å². The minimum absolute atomic E-state index is 0.196. The lowest BCUT2D eigenvalue weighted by molar-refractivity contribution is 0.319. The second-order valence-corrected chi connectivity index (χ2v) is 7.48. The Morgan fingerprint density at radius 2 is 2.05 bits per heavy atom. The van der Waals surface area contributed by atoms with Crippen LogP contribution in [0.4, 0.5) is 11.4 Å². The van der Waals surface area contributed by atoms with Gasteiger partial charge in [0.05, 0.1) is 23.8 Å². The van der Waals surface area contributed by atoms with Gasteiger partial charge in [-0.2, -0.15) is 0 Å². The van der Waals surface area contributed by atoms with Crippen molar-refractivity contribution < 1.29 is 13.2 Å². The van der Waals surface area contributed by atoms with Crippen LogP contribution in [0.1, 0.15) is 26.2 Å². The highest BCUT2D eigenvalue weighted by molar-refractivity contribution is 7.91. The number of hydrogen-bond donors (Lipinski definition) is 2. The average Bonchev–Trinajstić information content (AvgIpc) is 2.42. The first-order valence-corrected chi connectivity index (χ1v) is 8.81. The molecule has 1 aromatic rings. The van der Waals surface area contributed by atoms with E-state index in [1.807, 2.05) is 25.1 Å². The highest BCUT2D eigenvalue weighted by atomic mass is 32.2. The van der Waals surface area contributed by atoms with Crippen molar-refractivity contribution in [2.45, 2.75) is 32.2 Å². The van der Waals surface area contributed by atoms with Crippen molar-refractivity contribution in [3.8, 4) is 5.75 Å². The Labute approximate surface area is 120 Å². The molecule has 1 aliphatic rings. The fourth-order valence-corrected chi connectivity index (χ4v) is 3.72. The number of nitrogens with two attached hydrogens (primary N) is 1. The van der Waals surface area contributed by atoms with Crippen LogP contribution in [-0.4, -0.2) is 32.6 Å². The van der Waals surface area contributed by atoms with Crippen molar-refractivity contribution >= 4 is 21.2 Å². The van der Waals surface area contributed by atoms with Crippen LogP contribution in [0.25, 0.3) is 0 Å². The minimum atomic E-state index is -2.82. The Morgan fingerprint density at radius 1 is 1.35 bits per heavy atom. The molecule has 0 unspecified atom stereocenters. The molecule has 5 nitrogen and oxygen atoms in total. The quantitative estimate of drug-likeness (QED) is 0.813. The van der Waals surface area contributed by atoms with E-state index in [0.29, 0.717) is 30.9 Å². The van der Waals surface area contributed by atoms with Gasteiger partial charge >= 0.3 is 0 Å². The maximum absolute atomic E-state index is 11.4. The fourth-order valence-electron chi connectivity index (χ4n) is 2.23. The smallest absolute Gasteiger partial charge is 0.150 e. The molecular formula is C14H22N2O3S. The van der Waals surface area contributed by atoms with E-state index in [9.17, 15) is 8.42 Å². The van der Waals surface area contributed by atoms with Gasteiger partial charge in [0.2, 0.25) is 0 Å². The molecule has 3 N–H and O–H groups in total. The van der Waals surface area contributed by atoms with Gasteiger partial charge in [-0.25, -0.2) is 8.42 Å². The molecule has 2 rings (SSSR count). The zero-order valence-corrected chi connectivity index (χ0v) is 12.6. The molecule has 1 aromatic carbocycles. The molecule has 0 amide bonds. The lowest BCUT2D eigenvalue weighted by Gasteiger charge is -2.24. The Hall–Kier alpha value is -1.43. The first-order valence-electron chi connectivity index (χ1n) is 6.99. The molecule has 0 bridgehead atoms. The summed E-state index contributed by atoms with van der Waals surface area (Å²) >= 11 is 0. The number of benzene rings is 1. The molecule has 1 aliphatic heterocycles. The molecule has 112 valence electrons. The van der Waals surface area contributed by atoms with Crippen molar-refractivity contribution in [3.63, 3.8) is 0 Å². The first-order chi connectivity index (χ1) is 9.50. The molecule has 1 heterocycles. The zero-order valence-electron chi connectivity index (χ0n) is 11.8. The van der Waals surface area contributed by atoms with E-state index in [4.69, 9.17) is 10.5 Å². The number of ether oxygens (including phenoxy) is 1. The van der Waals surface area contributed by atoms with Crippen LogP contribution in [0, 0.1) is 0 Å². The standard InChI is InChI=1S/C14H22N2O3S/c1-2-7-19-14-10-12(3-4-13(14)15)16-11-5-8-20(17,18)9-6-11/h3-4,10-11,16H,2,5-9,15H2,1H3. The SMILES string of the molecule is CCCOc1cc(NC2CCS(=O)(=O)CC2)ccc1N. The van der Waals surface area contributed by atoms with Crippen LogP contribution in [0.5, 0.6) is 5.75 Å². The Bertz CT molecular complexity index is 544. The third-order valence-corrected chi connectivity index (χ3v) is 5.12. The molecule has 0 aromatic heterocycles. The normalized spacial score (nSPS) is 18.6. The summed E-state index contributed by atoms with van der Waals surface area (Å²) in [6, 6.07) is 5.79. The summed E-state index contributed by atoms with van der Waals surface area (Å²) in [4.78, 5) is 0. The highest BCUT2D eigenvalue weighted by Crippen LogP contribution is 2.27. The van der Waals surface area contributed by atoms with Crippen LogP contribution < -0.4 is 15.8 Å². The van der Waals surface area contributed by atoms with Crippen molar-refractivity contribution in [1.82, 2.24) is 0 Å². The van der Waals surface area contributed by atoms with Gasteiger partial charge in [0, 0.05) is 17.8 Å². The maximum Gasteiger partial charge on any atom is 0.150 e. The molecule has 0 saturated carbocycles. The van der Waals surface area contributed by atoms with E-state index in [1.165, 1.54) is 0 Å². The summed E-state index contributed by atoms with van der Waals surface area (Å²) in [5.41, 5.74) is 7.41. The number of anilines is 2. The molecule has 0 aliphatic carbocycles. The van der Waals surface area contributed by atoms with Gasteiger partial charge in [-0.3, -0.25) is 0 Å². The molecule has 20 heavy (non-hydrogen) atoms. The van der Waals surface area contributed by atoms with E-state index >= 15 is 0 Å². The lowest BCUT2D eigenvalue weighted by Crippen LogP contribution is -2.32. The largest absolute Gasteiger partial charge is 0.491 e. The van der Waals surface area contributed by atoms with Crippen LogP contribution >= 0.6 is 0 Å². The monoisotopic (exact) mass is 298 g/mol. The highest BCUT2D eigenvalue weighted by Gasteiger charge is 2.23. The Morgan fingerprint density at radius 3 is 2.70 bits per heavy atom. The molecule has 1 saturated heterocycles. The second-order valence-electron chi connectivity index (χ2n) is 5.17. The predicted octanol–water partition coefficient (Wildman–Crippen LogP) is 2.05. The van der Waals surface area contributed by atoms with Crippen LogP contribution in [0.15, 0.2) is 18.2 Å². The van der Waals surface area contributed by atoms with Crippen LogP contribution in [0.3, 0.4) is 0 Å². The van der Waals surface area contributed by atoms with Gasteiger partial charge in [0.15, 0.2) is 0 Å². The van der Waals surface area contributed by atoms with E-state index in [0.717, 1.165) is 12.1 Å². The van der Waals surface area contributed by atoms with Crippen molar-refractivity contribution in [1.29, 1.82) is 0 Å². The van der Waals surface area contributed by atoms with Crippen molar-refractivity contribution in [2.24, 2.45) is 0 Å². The van der Waals surface area contributed by atoms with Crippen molar-refractivity contribution in [3.05, 3.63) is 18.2 Å². The van der Waals surface area contributed by atoms with E-state index in [1.54, 1.807) is 0 Å². The van der Waals surface area contributed by atoms with Gasteiger partial charge in [0.1, 0.15) is 15.6 Å². The minimum Gasteiger partial charge on any atom is -0.491 e. The van der Waals surface area contributed by atoms with E-state index in [2.05, 4.69) is 5.32 Å². The predicted molar refractivity (Wildman–Crippen MR) is 81.9 cm³/mol. The number of sulfone groups is 1. The van der Waals surface area contributed by atoms with Gasteiger partial charge in [-0.15, -0.1) is 0 Å². The maximum atomic E-state index is 11.4. The number of hydrogen-bond acceptors (Lipinski definition) is 5. The summed E-state index contributed by atoms with van der Waals surface area (Å²) < 4.78 is 28.4. The Balaban J connectivity index is 1.99. The Kier molecular flexibility index (Phi) is 4.75. The lowest BCUT2D eigenvalue weighted by atomic mass is 10.1. The zero-order chi connectivity index (χ0) is 14.6. The third kappa shape index (κ3) is 4.03. The topological polar surface area (TPSA) is 81.4 Å². The number of rotatable bonds is 5. The molecule has 6 heteroatoms. The molecular weight excluding hydrogens is 276 g/mol. The van der Waals surface area contributed by atoms with Gasteiger partial charge in [-0.05, 0) is 31.4 Å². The summed E-state index contributed by atoms with van der Waals surface area (Å²) in [5.74, 6) is 1.21. The molecule has 0 spiro atoms. The van der Waals surface area contributed by atoms with Crippen LogP contribution in [0.2, 0.25) is 0 Å². The summed E-state index contributed by atoms with van der Waals surface area (Å²) in [6.07, 6.45) is 2.23.